The van der Waals surface area contributed by atoms with Crippen molar-refractivity contribution in [2.24, 2.45) is 5.92 Å². The summed E-state index contributed by atoms with van der Waals surface area (Å²) in [4.78, 5) is 2.21. The first-order chi connectivity index (χ1) is 17.3. The molecule has 5 rings (SSSR count). The third kappa shape index (κ3) is 4.63. The largest absolute Gasteiger partial charge is 0.508 e. The smallest absolute Gasteiger partial charge is 0.164 e. The van der Waals surface area contributed by atoms with Crippen molar-refractivity contribution < 1.29 is 28.5 Å². The van der Waals surface area contributed by atoms with Crippen molar-refractivity contribution in [1.82, 2.24) is 4.90 Å². The number of likely N-dealkylation sites (tertiary alicyclic amines) is 1. The summed E-state index contributed by atoms with van der Waals surface area (Å²) in [5.41, 5.74) is 3.85. The molecule has 2 aliphatic heterocycles. The maximum absolute atomic E-state index is 13.8. The summed E-state index contributed by atoms with van der Waals surface area (Å²) >= 11 is 0. The number of ether oxygens (including phenoxy) is 2. The highest BCUT2D eigenvalue weighted by molar-refractivity contribution is 5.95. The third-order valence-corrected chi connectivity index (χ3v) is 7.04. The quantitative estimate of drug-likeness (QED) is 0.425. The Balaban J connectivity index is 1.40. The van der Waals surface area contributed by atoms with Crippen LogP contribution in [0.3, 0.4) is 0 Å². The second-order valence-corrected chi connectivity index (χ2v) is 9.59. The van der Waals surface area contributed by atoms with Gasteiger partial charge in [-0.3, -0.25) is 9.29 Å². The summed E-state index contributed by atoms with van der Waals surface area (Å²) in [6.07, 6.45) is -0.515. The lowest BCUT2D eigenvalue weighted by atomic mass is 9.86. The van der Waals surface area contributed by atoms with Gasteiger partial charge >= 0.3 is 0 Å². The van der Waals surface area contributed by atoms with Crippen LogP contribution < -0.4 is 9.47 Å². The number of nitrogens with zero attached hydrogens (tertiary/aromatic N) is 1. The lowest BCUT2D eigenvalue weighted by molar-refractivity contribution is 0.0265. The van der Waals surface area contributed by atoms with Crippen LogP contribution in [0.15, 0.2) is 60.7 Å². The Bertz CT molecular complexity index is 1280. The molecule has 1 saturated heterocycles. The van der Waals surface area contributed by atoms with E-state index in [0.29, 0.717) is 17.9 Å². The van der Waals surface area contributed by atoms with Gasteiger partial charge < -0.3 is 19.7 Å². The van der Waals surface area contributed by atoms with E-state index in [0.717, 1.165) is 41.1 Å². The number of phenols is 2. The number of aromatic hydroxyl groups is 2. The molecule has 2 atom stereocenters. The molecule has 2 aliphatic rings. The Hall–Kier alpha value is -3.58. The zero-order valence-corrected chi connectivity index (χ0v) is 20.2. The Labute approximate surface area is 209 Å². The fraction of sp³-hybridized carbons (Fsp3) is 0.310. The van der Waals surface area contributed by atoms with Gasteiger partial charge in [-0.15, -0.1) is 0 Å². The fourth-order valence-electron chi connectivity index (χ4n) is 4.85. The van der Waals surface area contributed by atoms with Crippen LogP contribution in [0, 0.1) is 11.7 Å². The van der Waals surface area contributed by atoms with Gasteiger partial charge in [-0.25, -0.2) is 4.39 Å². The van der Waals surface area contributed by atoms with Crippen molar-refractivity contribution in [2.75, 3.05) is 26.4 Å². The maximum Gasteiger partial charge on any atom is 0.164 e. The van der Waals surface area contributed by atoms with E-state index in [1.54, 1.807) is 24.3 Å². The number of hydrogen-bond donors (Lipinski definition) is 2. The van der Waals surface area contributed by atoms with Gasteiger partial charge in [-0.2, -0.15) is 0 Å². The van der Waals surface area contributed by atoms with Gasteiger partial charge in [0.25, 0.3) is 0 Å². The molecule has 1 unspecified atom stereocenters. The minimum atomic E-state index is -0.697. The maximum atomic E-state index is 13.8. The molecule has 5 nitrogen and oxygen atoms in total. The topological polar surface area (TPSA) is 62.2 Å². The van der Waals surface area contributed by atoms with Gasteiger partial charge in [0.2, 0.25) is 0 Å². The summed E-state index contributed by atoms with van der Waals surface area (Å²) in [7, 11) is 0. The average molecular weight is 494 g/mol. The highest BCUT2D eigenvalue weighted by atomic mass is 19.1. The second-order valence-electron chi connectivity index (χ2n) is 9.59. The minimum absolute atomic E-state index is 0.116. The van der Waals surface area contributed by atoms with Crippen molar-refractivity contribution >= 4 is 11.1 Å². The molecule has 0 aliphatic carbocycles. The van der Waals surface area contributed by atoms with Crippen LogP contribution in [-0.4, -0.2) is 47.5 Å². The predicted octanol–water partition coefficient (Wildman–Crippen LogP) is 5.97. The van der Waals surface area contributed by atoms with Crippen molar-refractivity contribution in [1.29, 1.82) is 0 Å². The van der Waals surface area contributed by atoms with E-state index in [1.807, 2.05) is 31.2 Å². The highest BCUT2D eigenvalue weighted by Crippen LogP contribution is 2.48. The number of fused-ring (bicyclic) bond motifs is 1. The number of allylic oxidation sites excluding steroid dienone is 1. The molecule has 2 heterocycles. The summed E-state index contributed by atoms with van der Waals surface area (Å²) in [6, 6.07) is 17.0. The molecule has 0 bridgehead atoms. The lowest BCUT2D eigenvalue weighted by Crippen LogP contribution is -2.53. The average Bonchev–Trinajstić information content (AvgIpc) is 2.84. The van der Waals surface area contributed by atoms with E-state index < -0.39 is 17.7 Å². The van der Waals surface area contributed by atoms with Crippen molar-refractivity contribution in [2.45, 2.75) is 26.0 Å². The number of alkyl halides is 1. The number of phenolic OH excluding ortho intramolecular Hbond substituents is 2. The number of hydrogen-bond acceptors (Lipinski definition) is 5. The van der Waals surface area contributed by atoms with Crippen LogP contribution in [0.25, 0.3) is 11.1 Å². The molecule has 188 valence electrons. The molecule has 2 N–H and O–H groups in total. The lowest BCUT2D eigenvalue weighted by Gasteiger charge is -2.41. The Morgan fingerprint density at radius 3 is 2.50 bits per heavy atom. The van der Waals surface area contributed by atoms with Crippen LogP contribution in [0.2, 0.25) is 0 Å². The molecule has 0 aromatic heterocycles. The number of halogens is 2. The third-order valence-electron chi connectivity index (χ3n) is 7.04. The number of rotatable bonds is 7. The molecule has 3 aromatic carbocycles. The standard InChI is InChI=1S/C29H29F2NO4/c1-17(32-14-19(13-30)15-32)16-35-23-7-3-20(4-8-23)29-28(21-5-9-25(31)26(34)11-21)18(2)24-12-22(33)6-10-27(24)36-29/h3-12,17,19,29,33-34H,13-16H2,1-2H3/t17-,29?/m0/s1. The molecule has 1 fully saturated rings. The van der Waals surface area contributed by atoms with Crippen LogP contribution in [0.4, 0.5) is 8.78 Å². The summed E-state index contributed by atoms with van der Waals surface area (Å²) < 4.78 is 38.8. The molecule has 0 amide bonds. The van der Waals surface area contributed by atoms with E-state index in [1.165, 1.54) is 12.1 Å². The van der Waals surface area contributed by atoms with Gasteiger partial charge in [-0.05, 0) is 73.0 Å². The molecule has 7 heteroatoms. The molecule has 36 heavy (non-hydrogen) atoms. The summed E-state index contributed by atoms with van der Waals surface area (Å²) in [5.74, 6) is 0.468. The second kappa shape index (κ2) is 9.82. The Kier molecular flexibility index (Phi) is 6.58. The minimum Gasteiger partial charge on any atom is -0.508 e. The predicted molar refractivity (Wildman–Crippen MR) is 134 cm³/mol. The van der Waals surface area contributed by atoms with E-state index in [2.05, 4.69) is 11.8 Å². The molecule has 3 aromatic rings. The van der Waals surface area contributed by atoms with Gasteiger partial charge in [0.15, 0.2) is 11.6 Å². The van der Waals surface area contributed by atoms with Crippen LogP contribution >= 0.6 is 0 Å². The fourth-order valence-corrected chi connectivity index (χ4v) is 4.85. The van der Waals surface area contributed by atoms with E-state index >= 15 is 0 Å². The zero-order valence-electron chi connectivity index (χ0n) is 20.2. The molecule has 0 saturated carbocycles. The van der Waals surface area contributed by atoms with E-state index in [9.17, 15) is 19.0 Å². The first-order valence-corrected chi connectivity index (χ1v) is 12.1. The number of benzene rings is 3. The van der Waals surface area contributed by atoms with Gasteiger partial charge in [0, 0.05) is 36.2 Å². The summed E-state index contributed by atoms with van der Waals surface area (Å²) in [6.45, 7) is 5.77. The monoisotopic (exact) mass is 493 g/mol. The first-order valence-electron chi connectivity index (χ1n) is 12.1. The molecule has 0 spiro atoms. The SMILES string of the molecule is CC1=C(c2ccc(F)c(O)c2)C(c2ccc(OC[C@H](C)N3CC(CF)C3)cc2)Oc2ccc(O)cc21. The van der Waals surface area contributed by atoms with Crippen molar-refractivity contribution in [3.8, 4) is 23.0 Å². The van der Waals surface area contributed by atoms with Crippen molar-refractivity contribution in [3.05, 3.63) is 83.2 Å². The Morgan fingerprint density at radius 1 is 1.06 bits per heavy atom. The van der Waals surface area contributed by atoms with E-state index in [4.69, 9.17) is 9.47 Å². The molecular formula is C29H29F2NO4. The van der Waals surface area contributed by atoms with Gasteiger partial charge in [0.05, 0.1) is 6.67 Å². The van der Waals surface area contributed by atoms with Crippen LogP contribution in [-0.2, 0) is 0 Å². The van der Waals surface area contributed by atoms with Gasteiger partial charge in [-0.1, -0.05) is 18.2 Å². The molecule has 0 radical (unpaired) electrons. The normalized spacial score (nSPS) is 18.8. The van der Waals surface area contributed by atoms with Gasteiger partial charge in [0.1, 0.15) is 30.0 Å². The van der Waals surface area contributed by atoms with Crippen LogP contribution in [0.5, 0.6) is 23.0 Å². The molecular weight excluding hydrogens is 464 g/mol. The zero-order chi connectivity index (χ0) is 25.4. The van der Waals surface area contributed by atoms with E-state index in [-0.39, 0.29) is 24.4 Å². The van der Waals surface area contributed by atoms with Crippen molar-refractivity contribution in [3.63, 3.8) is 0 Å². The Morgan fingerprint density at radius 2 is 1.81 bits per heavy atom. The van der Waals surface area contributed by atoms with Crippen LogP contribution in [0.1, 0.15) is 36.6 Å². The summed E-state index contributed by atoms with van der Waals surface area (Å²) in [5, 5.41) is 20.1. The first kappa shape index (κ1) is 24.1. The highest BCUT2D eigenvalue weighted by Gasteiger charge is 2.31.